The first-order valence-electron chi connectivity index (χ1n) is 6.19. The van der Waals surface area contributed by atoms with Crippen molar-refractivity contribution in [3.05, 3.63) is 71.5 Å². The smallest absolute Gasteiger partial charge is 0.310 e. The van der Waals surface area contributed by atoms with Crippen LogP contribution in [0.2, 0.25) is 0 Å². The van der Waals surface area contributed by atoms with E-state index in [0.717, 1.165) is 5.56 Å². The Kier molecular flexibility index (Phi) is 4.29. The van der Waals surface area contributed by atoms with Crippen molar-refractivity contribution in [2.45, 2.75) is 18.8 Å². The molecule has 2 rings (SSSR count). The van der Waals surface area contributed by atoms with E-state index in [2.05, 4.69) is 0 Å². The summed E-state index contributed by atoms with van der Waals surface area (Å²) < 4.78 is 13.5. The summed E-state index contributed by atoms with van der Waals surface area (Å²) in [7, 11) is 0. The molecule has 0 spiro atoms. The van der Waals surface area contributed by atoms with Crippen molar-refractivity contribution in [2.24, 2.45) is 0 Å². The van der Waals surface area contributed by atoms with Gasteiger partial charge in [0.05, 0.1) is 5.92 Å². The zero-order valence-electron chi connectivity index (χ0n) is 10.4. The molecule has 0 aliphatic heterocycles. The summed E-state index contributed by atoms with van der Waals surface area (Å²) in [6, 6.07) is 15.5. The lowest BCUT2D eigenvalue weighted by molar-refractivity contribution is -0.138. The Hall–Kier alpha value is -2.16. The maximum atomic E-state index is 13.5. The molecule has 0 radical (unpaired) electrons. The van der Waals surface area contributed by atoms with Crippen LogP contribution in [-0.4, -0.2) is 11.1 Å². The monoisotopic (exact) mass is 258 g/mol. The third kappa shape index (κ3) is 3.41. The summed E-state index contributed by atoms with van der Waals surface area (Å²) in [5.41, 5.74) is 1.32. The fourth-order valence-corrected chi connectivity index (χ4v) is 2.12. The lowest BCUT2D eigenvalue weighted by Crippen LogP contribution is -2.12. The number of carboxylic acid groups (broad SMARTS) is 1. The SMILES string of the molecule is O=C(O)C(CCc1ccccc1F)c1ccccc1. The highest BCUT2D eigenvalue weighted by atomic mass is 19.1. The Balaban J connectivity index is 2.11. The van der Waals surface area contributed by atoms with Gasteiger partial charge in [-0.1, -0.05) is 48.5 Å². The molecular weight excluding hydrogens is 243 g/mol. The first-order chi connectivity index (χ1) is 9.18. The van der Waals surface area contributed by atoms with Gasteiger partial charge in [0, 0.05) is 0 Å². The maximum Gasteiger partial charge on any atom is 0.310 e. The van der Waals surface area contributed by atoms with E-state index in [9.17, 15) is 14.3 Å². The quantitative estimate of drug-likeness (QED) is 0.889. The van der Waals surface area contributed by atoms with Crippen LogP contribution in [0.25, 0.3) is 0 Å². The summed E-state index contributed by atoms with van der Waals surface area (Å²) in [6.07, 6.45) is 0.804. The van der Waals surface area contributed by atoms with E-state index >= 15 is 0 Å². The van der Waals surface area contributed by atoms with Crippen molar-refractivity contribution < 1.29 is 14.3 Å². The van der Waals surface area contributed by atoms with E-state index in [1.165, 1.54) is 6.07 Å². The van der Waals surface area contributed by atoms with Gasteiger partial charge in [-0.05, 0) is 30.0 Å². The second-order valence-corrected chi connectivity index (χ2v) is 4.43. The lowest BCUT2D eigenvalue weighted by atomic mass is 9.92. The van der Waals surface area contributed by atoms with Crippen LogP contribution >= 0.6 is 0 Å². The zero-order valence-corrected chi connectivity index (χ0v) is 10.4. The molecule has 1 atom stereocenters. The average molecular weight is 258 g/mol. The van der Waals surface area contributed by atoms with Crippen molar-refractivity contribution in [2.75, 3.05) is 0 Å². The molecule has 0 fully saturated rings. The third-order valence-corrected chi connectivity index (χ3v) is 3.16. The number of hydrogen-bond donors (Lipinski definition) is 1. The summed E-state index contributed by atoms with van der Waals surface area (Å²) in [4.78, 5) is 11.3. The Morgan fingerprint density at radius 1 is 1.05 bits per heavy atom. The van der Waals surface area contributed by atoms with Crippen LogP contribution in [0.1, 0.15) is 23.5 Å². The Labute approximate surface area is 111 Å². The molecular formula is C16H15FO2. The van der Waals surface area contributed by atoms with Crippen LogP contribution in [0.5, 0.6) is 0 Å². The van der Waals surface area contributed by atoms with Gasteiger partial charge in [-0.2, -0.15) is 0 Å². The molecule has 2 aromatic carbocycles. The van der Waals surface area contributed by atoms with Crippen LogP contribution < -0.4 is 0 Å². The van der Waals surface area contributed by atoms with E-state index in [4.69, 9.17) is 0 Å². The van der Waals surface area contributed by atoms with E-state index in [-0.39, 0.29) is 5.82 Å². The van der Waals surface area contributed by atoms with Crippen molar-refractivity contribution in [3.8, 4) is 0 Å². The van der Waals surface area contributed by atoms with Gasteiger partial charge < -0.3 is 5.11 Å². The van der Waals surface area contributed by atoms with E-state index in [1.54, 1.807) is 30.3 Å². The van der Waals surface area contributed by atoms with Gasteiger partial charge in [0.1, 0.15) is 5.82 Å². The number of benzene rings is 2. The first kappa shape index (κ1) is 13.3. The van der Waals surface area contributed by atoms with Crippen LogP contribution in [0.3, 0.4) is 0 Å². The highest BCUT2D eigenvalue weighted by Crippen LogP contribution is 2.22. The zero-order chi connectivity index (χ0) is 13.7. The summed E-state index contributed by atoms with van der Waals surface area (Å²) in [5.74, 6) is -1.75. The highest BCUT2D eigenvalue weighted by Gasteiger charge is 2.19. The second-order valence-electron chi connectivity index (χ2n) is 4.43. The van der Waals surface area contributed by atoms with Gasteiger partial charge in [0.15, 0.2) is 0 Å². The normalized spacial score (nSPS) is 12.1. The summed E-state index contributed by atoms with van der Waals surface area (Å²) >= 11 is 0. The molecule has 0 aliphatic rings. The van der Waals surface area contributed by atoms with Crippen LogP contribution in [0.15, 0.2) is 54.6 Å². The molecule has 0 heterocycles. The molecule has 0 saturated heterocycles. The molecule has 98 valence electrons. The first-order valence-corrected chi connectivity index (χ1v) is 6.19. The van der Waals surface area contributed by atoms with Crippen molar-refractivity contribution in [3.63, 3.8) is 0 Å². The van der Waals surface area contributed by atoms with Gasteiger partial charge in [0.25, 0.3) is 0 Å². The largest absolute Gasteiger partial charge is 0.481 e. The number of carbonyl (C=O) groups is 1. The molecule has 0 aliphatic carbocycles. The molecule has 3 heteroatoms. The molecule has 19 heavy (non-hydrogen) atoms. The predicted molar refractivity (Wildman–Crippen MR) is 71.5 cm³/mol. The van der Waals surface area contributed by atoms with E-state index < -0.39 is 11.9 Å². The van der Waals surface area contributed by atoms with Crippen molar-refractivity contribution >= 4 is 5.97 Å². The standard InChI is InChI=1S/C16H15FO2/c17-15-9-5-4-8-13(15)10-11-14(16(18)19)12-6-2-1-3-7-12/h1-9,14H,10-11H2,(H,18,19). The number of carboxylic acids is 1. The summed E-state index contributed by atoms with van der Waals surface area (Å²) in [6.45, 7) is 0. The highest BCUT2D eigenvalue weighted by molar-refractivity contribution is 5.76. The molecule has 0 aromatic heterocycles. The second kappa shape index (κ2) is 6.14. The average Bonchev–Trinajstić information content (AvgIpc) is 2.42. The topological polar surface area (TPSA) is 37.3 Å². The number of aliphatic carboxylic acids is 1. The fraction of sp³-hybridized carbons (Fsp3) is 0.188. The lowest BCUT2D eigenvalue weighted by Gasteiger charge is -2.12. The fourth-order valence-electron chi connectivity index (χ4n) is 2.12. The number of rotatable bonds is 5. The van der Waals surface area contributed by atoms with Gasteiger partial charge in [-0.3, -0.25) is 4.79 Å². The molecule has 1 unspecified atom stereocenters. The van der Waals surface area contributed by atoms with Gasteiger partial charge >= 0.3 is 5.97 Å². The molecule has 2 nitrogen and oxygen atoms in total. The van der Waals surface area contributed by atoms with Crippen LogP contribution in [-0.2, 0) is 11.2 Å². The molecule has 1 N–H and O–H groups in total. The molecule has 0 amide bonds. The maximum absolute atomic E-state index is 13.5. The number of halogens is 1. The van der Waals surface area contributed by atoms with Gasteiger partial charge in [-0.25, -0.2) is 4.39 Å². The van der Waals surface area contributed by atoms with Crippen molar-refractivity contribution in [1.29, 1.82) is 0 Å². The number of aryl methyl sites for hydroxylation is 1. The molecule has 0 bridgehead atoms. The minimum Gasteiger partial charge on any atom is -0.481 e. The molecule has 0 saturated carbocycles. The Morgan fingerprint density at radius 3 is 2.32 bits per heavy atom. The Bertz CT molecular complexity index is 552. The minimum atomic E-state index is -0.873. The van der Waals surface area contributed by atoms with Gasteiger partial charge in [0.2, 0.25) is 0 Å². The predicted octanol–water partition coefficient (Wildman–Crippen LogP) is 3.63. The summed E-state index contributed by atoms with van der Waals surface area (Å²) in [5, 5.41) is 9.28. The van der Waals surface area contributed by atoms with E-state index in [1.807, 2.05) is 18.2 Å². The van der Waals surface area contributed by atoms with Gasteiger partial charge in [-0.15, -0.1) is 0 Å². The van der Waals surface area contributed by atoms with Crippen LogP contribution in [0, 0.1) is 5.82 Å². The van der Waals surface area contributed by atoms with Crippen LogP contribution in [0.4, 0.5) is 4.39 Å². The third-order valence-electron chi connectivity index (χ3n) is 3.16. The number of hydrogen-bond acceptors (Lipinski definition) is 1. The minimum absolute atomic E-state index is 0.278. The molecule has 2 aromatic rings. The Morgan fingerprint density at radius 2 is 1.68 bits per heavy atom. The van der Waals surface area contributed by atoms with Crippen molar-refractivity contribution in [1.82, 2.24) is 0 Å². The van der Waals surface area contributed by atoms with E-state index in [0.29, 0.717) is 18.4 Å².